The van der Waals surface area contributed by atoms with E-state index in [9.17, 15) is 4.79 Å². The molecule has 1 amide bonds. The summed E-state index contributed by atoms with van der Waals surface area (Å²) >= 11 is 0. The molecule has 0 spiro atoms. The predicted octanol–water partition coefficient (Wildman–Crippen LogP) is 2.77. The van der Waals surface area contributed by atoms with E-state index in [1.165, 1.54) is 16.5 Å². The van der Waals surface area contributed by atoms with E-state index in [1.54, 1.807) is 17.1 Å². The number of carbonyl (C=O) groups excluding carboxylic acids is 1. The summed E-state index contributed by atoms with van der Waals surface area (Å²) in [5.41, 5.74) is 3.64. The van der Waals surface area contributed by atoms with Gasteiger partial charge in [0, 0.05) is 23.5 Å². The van der Waals surface area contributed by atoms with E-state index in [1.807, 2.05) is 12.1 Å². The minimum absolute atomic E-state index is 0.0580. The normalized spacial score (nSPS) is 12.8. The Balaban J connectivity index is 1.67. The summed E-state index contributed by atoms with van der Waals surface area (Å²) in [6.45, 7) is 0.232. The van der Waals surface area contributed by atoms with Gasteiger partial charge in [0.15, 0.2) is 0 Å². The number of carbonyl (C=O) groups is 1. The van der Waals surface area contributed by atoms with Crippen LogP contribution in [-0.2, 0) is 24.2 Å². The highest BCUT2D eigenvalue weighted by molar-refractivity contribution is 6.05. The molecule has 0 aliphatic heterocycles. The number of amides is 1. The summed E-state index contributed by atoms with van der Waals surface area (Å²) < 4.78 is 1.62. The van der Waals surface area contributed by atoms with Gasteiger partial charge in [0.25, 0.3) is 0 Å². The van der Waals surface area contributed by atoms with Crippen molar-refractivity contribution in [3.05, 3.63) is 59.9 Å². The highest BCUT2D eigenvalue weighted by atomic mass is 16.2. The smallest absolute Gasteiger partial charge is 0.246 e. The number of aromatic nitrogens is 2. The van der Waals surface area contributed by atoms with E-state index < -0.39 is 0 Å². The Labute approximate surface area is 122 Å². The van der Waals surface area contributed by atoms with Gasteiger partial charge in [0.1, 0.15) is 6.54 Å². The molecule has 1 N–H and O–H groups in total. The topological polar surface area (TPSA) is 46.9 Å². The molecule has 0 bridgehead atoms. The van der Waals surface area contributed by atoms with Gasteiger partial charge in [-0.2, -0.15) is 5.10 Å². The summed E-state index contributed by atoms with van der Waals surface area (Å²) in [4.78, 5) is 12.1. The van der Waals surface area contributed by atoms with Crippen LogP contribution in [0.25, 0.3) is 10.8 Å². The van der Waals surface area contributed by atoms with Crippen molar-refractivity contribution in [2.45, 2.75) is 19.4 Å². The third-order valence-electron chi connectivity index (χ3n) is 4.02. The minimum atomic E-state index is -0.0580. The second-order valence-corrected chi connectivity index (χ2v) is 5.36. The van der Waals surface area contributed by atoms with Crippen LogP contribution in [0, 0.1) is 0 Å². The molecule has 0 unspecified atom stereocenters. The Kier molecular flexibility index (Phi) is 2.74. The lowest BCUT2D eigenvalue weighted by Gasteiger charge is -2.10. The molecule has 21 heavy (non-hydrogen) atoms. The molecule has 1 heterocycles. The number of anilines is 1. The van der Waals surface area contributed by atoms with Gasteiger partial charge < -0.3 is 5.32 Å². The molecule has 0 radical (unpaired) electrons. The number of rotatable bonds is 3. The third kappa shape index (κ3) is 2.09. The van der Waals surface area contributed by atoms with Gasteiger partial charge in [-0.15, -0.1) is 0 Å². The van der Waals surface area contributed by atoms with E-state index in [-0.39, 0.29) is 12.5 Å². The largest absolute Gasteiger partial charge is 0.324 e. The molecule has 4 heteroatoms. The quantitative estimate of drug-likeness (QED) is 0.800. The Hall–Kier alpha value is -2.62. The molecule has 1 aliphatic carbocycles. The number of hydrogen-bond donors (Lipinski definition) is 1. The predicted molar refractivity (Wildman–Crippen MR) is 82.2 cm³/mol. The highest BCUT2D eigenvalue weighted by Gasteiger charge is 2.16. The molecule has 2 aromatic carbocycles. The monoisotopic (exact) mass is 277 g/mol. The molecular formula is C17H15N3O. The maximum atomic E-state index is 12.1. The first-order valence-electron chi connectivity index (χ1n) is 7.12. The van der Waals surface area contributed by atoms with Crippen molar-refractivity contribution in [2.24, 2.45) is 0 Å². The maximum absolute atomic E-state index is 12.1. The molecule has 1 aromatic heterocycles. The van der Waals surface area contributed by atoms with Crippen molar-refractivity contribution in [1.82, 2.24) is 9.78 Å². The van der Waals surface area contributed by atoms with Gasteiger partial charge >= 0.3 is 0 Å². The highest BCUT2D eigenvalue weighted by Crippen LogP contribution is 2.34. The van der Waals surface area contributed by atoms with E-state index in [0.29, 0.717) is 0 Å². The van der Waals surface area contributed by atoms with E-state index in [4.69, 9.17) is 0 Å². The lowest BCUT2D eigenvalue weighted by molar-refractivity contribution is -0.116. The maximum Gasteiger partial charge on any atom is 0.246 e. The Morgan fingerprint density at radius 3 is 2.81 bits per heavy atom. The second-order valence-electron chi connectivity index (χ2n) is 5.36. The van der Waals surface area contributed by atoms with Crippen LogP contribution >= 0.6 is 0 Å². The standard InChI is InChI=1S/C17H15N3O/c21-16(11-20-10-2-9-18-20)19-15-8-7-13-6-5-12-3-1-4-14(15)17(12)13/h1-4,7-10H,5-6,11H2,(H,19,21). The Morgan fingerprint density at radius 1 is 1.14 bits per heavy atom. The fourth-order valence-corrected chi connectivity index (χ4v) is 3.09. The number of nitrogens with zero attached hydrogens (tertiary/aromatic N) is 2. The summed E-state index contributed by atoms with van der Waals surface area (Å²) in [7, 11) is 0. The number of aryl methyl sites for hydroxylation is 2. The Morgan fingerprint density at radius 2 is 2.00 bits per heavy atom. The SMILES string of the molecule is O=C(Cn1cccn1)Nc1ccc2c3c(cccc13)CC2. The van der Waals surface area contributed by atoms with E-state index >= 15 is 0 Å². The molecule has 0 saturated heterocycles. The van der Waals surface area contributed by atoms with Gasteiger partial charge in [-0.1, -0.05) is 24.3 Å². The molecule has 4 rings (SSSR count). The molecule has 4 nitrogen and oxygen atoms in total. The number of benzene rings is 2. The van der Waals surface area contributed by atoms with Gasteiger partial charge in [0.05, 0.1) is 0 Å². The van der Waals surface area contributed by atoms with Crippen LogP contribution < -0.4 is 5.32 Å². The lowest BCUT2D eigenvalue weighted by atomic mass is 10.0. The summed E-state index contributed by atoms with van der Waals surface area (Å²) in [6.07, 6.45) is 5.65. The van der Waals surface area contributed by atoms with E-state index in [2.05, 4.69) is 34.7 Å². The van der Waals surface area contributed by atoms with Crippen molar-refractivity contribution in [1.29, 1.82) is 0 Å². The first-order chi connectivity index (χ1) is 10.3. The fourth-order valence-electron chi connectivity index (χ4n) is 3.09. The van der Waals surface area contributed by atoms with Crippen LogP contribution in [0.5, 0.6) is 0 Å². The van der Waals surface area contributed by atoms with Crippen LogP contribution in [0.15, 0.2) is 48.8 Å². The molecule has 0 atom stereocenters. The molecular weight excluding hydrogens is 262 g/mol. The van der Waals surface area contributed by atoms with Gasteiger partial charge in [0.2, 0.25) is 5.91 Å². The van der Waals surface area contributed by atoms with Crippen LogP contribution in [0.2, 0.25) is 0 Å². The minimum Gasteiger partial charge on any atom is -0.324 e. The van der Waals surface area contributed by atoms with Crippen LogP contribution in [0.4, 0.5) is 5.69 Å². The summed E-state index contributed by atoms with van der Waals surface area (Å²) in [5, 5.41) is 9.51. The average molecular weight is 277 g/mol. The van der Waals surface area contributed by atoms with Crippen LogP contribution in [-0.4, -0.2) is 15.7 Å². The molecule has 104 valence electrons. The first kappa shape index (κ1) is 12.1. The van der Waals surface area contributed by atoms with Crippen molar-refractivity contribution in [3.8, 4) is 0 Å². The molecule has 3 aromatic rings. The van der Waals surface area contributed by atoms with Gasteiger partial charge in [-0.3, -0.25) is 9.48 Å². The third-order valence-corrected chi connectivity index (χ3v) is 4.02. The van der Waals surface area contributed by atoms with Gasteiger partial charge in [-0.25, -0.2) is 0 Å². The Bertz CT molecular complexity index is 811. The fraction of sp³-hybridized carbons (Fsp3) is 0.176. The zero-order valence-corrected chi connectivity index (χ0v) is 11.5. The zero-order valence-electron chi connectivity index (χ0n) is 11.5. The molecule has 1 aliphatic rings. The summed E-state index contributed by atoms with van der Waals surface area (Å²) in [5.74, 6) is -0.0580. The van der Waals surface area contributed by atoms with Crippen LogP contribution in [0.3, 0.4) is 0 Å². The van der Waals surface area contributed by atoms with Gasteiger partial charge in [-0.05, 0) is 41.5 Å². The van der Waals surface area contributed by atoms with Crippen molar-refractivity contribution in [2.75, 3.05) is 5.32 Å². The zero-order chi connectivity index (χ0) is 14.2. The van der Waals surface area contributed by atoms with Crippen molar-refractivity contribution >= 4 is 22.4 Å². The van der Waals surface area contributed by atoms with Crippen molar-refractivity contribution in [3.63, 3.8) is 0 Å². The average Bonchev–Trinajstić information content (AvgIpc) is 3.13. The second kappa shape index (κ2) is 4.74. The van der Waals surface area contributed by atoms with Crippen LogP contribution in [0.1, 0.15) is 11.1 Å². The summed E-state index contributed by atoms with van der Waals surface area (Å²) in [6, 6.07) is 12.3. The first-order valence-corrected chi connectivity index (χ1v) is 7.12. The van der Waals surface area contributed by atoms with Crippen molar-refractivity contribution < 1.29 is 4.79 Å². The molecule has 0 saturated carbocycles. The molecule has 0 fully saturated rings. The van der Waals surface area contributed by atoms with E-state index in [0.717, 1.165) is 23.9 Å². The number of hydrogen-bond acceptors (Lipinski definition) is 2. The lowest BCUT2D eigenvalue weighted by Crippen LogP contribution is -2.19. The number of nitrogens with one attached hydrogen (secondary N) is 1.